The van der Waals surface area contributed by atoms with Gasteiger partial charge in [-0.25, -0.2) is 0 Å². The van der Waals surface area contributed by atoms with Gasteiger partial charge in [-0.15, -0.1) is 0 Å². The summed E-state index contributed by atoms with van der Waals surface area (Å²) >= 11 is 7.45. The Morgan fingerprint density at radius 1 is 0.754 bits per heavy atom. The second kappa shape index (κ2) is 21.4. The number of carbonyl (C=O) groups is 5. The zero-order valence-electron chi connectivity index (χ0n) is 34.5. The molecule has 4 aromatic rings. The molecule has 4 aromatic carbocycles. The fourth-order valence-electron chi connectivity index (χ4n) is 6.90. The molecule has 0 spiro atoms. The monoisotopic (exact) mass is 870 g/mol. The van der Waals surface area contributed by atoms with Crippen LogP contribution >= 0.6 is 23.4 Å². The molecular weight excluding hydrogens is 824 g/mol. The number of thioether (sulfide) groups is 1. The first-order chi connectivity index (χ1) is 29.2. The standard InChI is InChI=1S/C45H47ClN4O10S/c1-28(51)57-27-40(59-30(3)53)42(60-31(4)54)39(58-29(2)52)25-38-41(49-48-36-19-17-34(46)18-20-36)43(50(5)26-32-13-9-7-10-14-32)61-45(38,33-15-11-8-12-16-33)44(55)47-35-21-23-37(56-6)24-22-35/h7-24,38-40,42H,25-27H2,1-6H3,(H,47,55)/t38-,39+,40+,42-,45-/m0/s1. The van der Waals surface area contributed by atoms with Gasteiger partial charge in [0.25, 0.3) is 0 Å². The summed E-state index contributed by atoms with van der Waals surface area (Å²) in [6, 6.07) is 32.3. The van der Waals surface area contributed by atoms with Crippen molar-refractivity contribution in [2.24, 2.45) is 16.1 Å². The minimum atomic E-state index is -1.60. The van der Waals surface area contributed by atoms with E-state index in [1.54, 1.807) is 60.7 Å². The number of azo groups is 1. The number of nitrogens with one attached hydrogen (secondary N) is 1. The van der Waals surface area contributed by atoms with Gasteiger partial charge in [-0.2, -0.15) is 10.2 Å². The maximum absolute atomic E-state index is 15.5. The van der Waals surface area contributed by atoms with Crippen LogP contribution in [0.1, 0.15) is 45.2 Å². The Morgan fingerprint density at radius 3 is 1.92 bits per heavy atom. The van der Waals surface area contributed by atoms with E-state index in [0.717, 1.165) is 26.3 Å². The summed E-state index contributed by atoms with van der Waals surface area (Å²) in [6.07, 6.45) is -4.66. The predicted molar refractivity (Wildman–Crippen MR) is 230 cm³/mol. The maximum atomic E-state index is 15.5. The Balaban J connectivity index is 1.79. The second-order valence-corrected chi connectivity index (χ2v) is 15.7. The average Bonchev–Trinajstić information content (AvgIpc) is 3.56. The lowest BCUT2D eigenvalue weighted by atomic mass is 9.78. The lowest BCUT2D eigenvalue weighted by Gasteiger charge is -2.38. The number of nitrogens with zero attached hydrogens (tertiary/aromatic N) is 3. The summed E-state index contributed by atoms with van der Waals surface area (Å²) in [5, 5.41) is 13.7. The summed E-state index contributed by atoms with van der Waals surface area (Å²) in [4.78, 5) is 67.9. The molecule has 14 nitrogen and oxygen atoms in total. The van der Waals surface area contributed by atoms with Crippen LogP contribution in [-0.4, -0.2) is 73.8 Å². The van der Waals surface area contributed by atoms with Gasteiger partial charge in [0.1, 0.15) is 23.2 Å². The maximum Gasteiger partial charge on any atom is 0.303 e. The third-order valence-corrected chi connectivity index (χ3v) is 11.5. The first-order valence-corrected chi connectivity index (χ1v) is 20.4. The third-order valence-electron chi connectivity index (χ3n) is 9.48. The van der Waals surface area contributed by atoms with Gasteiger partial charge in [0.2, 0.25) is 5.91 Å². The van der Waals surface area contributed by atoms with Crippen molar-refractivity contribution in [1.29, 1.82) is 0 Å². The first kappa shape index (κ1) is 45.9. The highest BCUT2D eigenvalue weighted by Gasteiger charge is 2.58. The molecule has 61 heavy (non-hydrogen) atoms. The van der Waals surface area contributed by atoms with Crippen LogP contribution in [0.2, 0.25) is 5.02 Å². The van der Waals surface area contributed by atoms with Crippen LogP contribution in [0.15, 0.2) is 130 Å². The Morgan fingerprint density at radius 2 is 1.34 bits per heavy atom. The van der Waals surface area contributed by atoms with E-state index in [-0.39, 0.29) is 6.42 Å². The number of halogens is 1. The molecule has 1 N–H and O–H groups in total. The van der Waals surface area contributed by atoms with Gasteiger partial charge in [0.05, 0.1) is 23.5 Å². The fraction of sp³-hybridized carbons (Fsp3) is 0.311. The molecule has 16 heteroatoms. The van der Waals surface area contributed by atoms with E-state index < -0.39 is 65.4 Å². The number of carbonyl (C=O) groups excluding carboxylic acids is 5. The van der Waals surface area contributed by atoms with Gasteiger partial charge >= 0.3 is 23.9 Å². The van der Waals surface area contributed by atoms with Gasteiger partial charge in [-0.1, -0.05) is 84.0 Å². The number of ether oxygens (including phenoxy) is 5. The average molecular weight is 871 g/mol. The molecule has 0 unspecified atom stereocenters. The first-order valence-electron chi connectivity index (χ1n) is 19.2. The van der Waals surface area contributed by atoms with Gasteiger partial charge in [-0.05, 0) is 66.1 Å². The lowest BCUT2D eigenvalue weighted by molar-refractivity contribution is -0.190. The molecule has 1 aliphatic rings. The normalized spacial score (nSPS) is 17.5. The number of esters is 4. The van der Waals surface area contributed by atoms with E-state index in [1.807, 2.05) is 60.5 Å². The van der Waals surface area contributed by atoms with Crippen molar-refractivity contribution in [1.82, 2.24) is 4.90 Å². The van der Waals surface area contributed by atoms with Crippen molar-refractivity contribution in [2.75, 3.05) is 26.1 Å². The molecule has 5 atom stereocenters. The van der Waals surface area contributed by atoms with Gasteiger partial charge in [0, 0.05) is 57.9 Å². The summed E-state index contributed by atoms with van der Waals surface area (Å²) in [7, 11) is 3.41. The van der Waals surface area contributed by atoms with Crippen molar-refractivity contribution >= 4 is 64.5 Å². The number of rotatable bonds is 18. The van der Waals surface area contributed by atoms with E-state index in [2.05, 4.69) is 10.4 Å². The summed E-state index contributed by atoms with van der Waals surface area (Å²) in [5.74, 6) is -3.99. The molecule has 5 rings (SSSR count). The molecule has 1 heterocycles. The second-order valence-electron chi connectivity index (χ2n) is 14.1. The van der Waals surface area contributed by atoms with E-state index in [0.29, 0.717) is 45.0 Å². The molecule has 0 aliphatic carbocycles. The molecule has 0 saturated carbocycles. The zero-order chi connectivity index (χ0) is 44.1. The van der Waals surface area contributed by atoms with E-state index in [1.165, 1.54) is 25.8 Å². The van der Waals surface area contributed by atoms with E-state index in [9.17, 15) is 19.2 Å². The highest BCUT2D eigenvalue weighted by molar-refractivity contribution is 8.04. The van der Waals surface area contributed by atoms with E-state index in [4.69, 9.17) is 40.4 Å². The number of hydrogen-bond donors (Lipinski definition) is 1. The molecule has 0 fully saturated rings. The Hall–Kier alpha value is -6.19. The minimum absolute atomic E-state index is 0.259. The molecule has 0 radical (unpaired) electrons. The van der Waals surface area contributed by atoms with Gasteiger partial charge < -0.3 is 33.9 Å². The Labute approximate surface area is 363 Å². The van der Waals surface area contributed by atoms with Crippen molar-refractivity contribution in [2.45, 2.75) is 63.7 Å². The van der Waals surface area contributed by atoms with Crippen LogP contribution in [0.5, 0.6) is 5.75 Å². The molecule has 0 bridgehead atoms. The summed E-state index contributed by atoms with van der Waals surface area (Å²) < 4.78 is 26.4. The highest BCUT2D eigenvalue weighted by Crippen LogP contribution is 2.60. The molecule has 1 aliphatic heterocycles. The van der Waals surface area contributed by atoms with Crippen LogP contribution in [0, 0.1) is 5.92 Å². The van der Waals surface area contributed by atoms with Gasteiger partial charge in [-0.3, -0.25) is 24.0 Å². The smallest absolute Gasteiger partial charge is 0.303 e. The number of hydrogen-bond acceptors (Lipinski definition) is 14. The van der Waals surface area contributed by atoms with Crippen molar-refractivity contribution in [3.05, 3.63) is 136 Å². The van der Waals surface area contributed by atoms with Crippen LogP contribution in [-0.2, 0) is 54.2 Å². The van der Waals surface area contributed by atoms with Crippen LogP contribution in [0.3, 0.4) is 0 Å². The molecule has 320 valence electrons. The third kappa shape index (κ3) is 12.2. The van der Waals surface area contributed by atoms with Gasteiger partial charge in [0.15, 0.2) is 12.2 Å². The summed E-state index contributed by atoms with van der Waals surface area (Å²) in [6.45, 7) is 4.45. The highest BCUT2D eigenvalue weighted by atomic mass is 35.5. The van der Waals surface area contributed by atoms with Crippen LogP contribution in [0.25, 0.3) is 0 Å². The molecule has 0 aromatic heterocycles. The van der Waals surface area contributed by atoms with E-state index >= 15 is 4.79 Å². The van der Waals surface area contributed by atoms with Crippen LogP contribution in [0.4, 0.5) is 11.4 Å². The SMILES string of the molecule is COc1ccc(NC(=O)[C@@]2(c3ccccc3)SC(N(C)Cc3ccccc3)=C(N=Nc3ccc(Cl)cc3)[C@@H]2C[C@@H](OC(C)=O)[C@H](OC(C)=O)[C@@H](COC(C)=O)OC(C)=O)cc1. The van der Waals surface area contributed by atoms with Crippen molar-refractivity contribution in [3.63, 3.8) is 0 Å². The number of benzene rings is 4. The fourth-order valence-corrected chi connectivity index (χ4v) is 8.58. The quantitative estimate of drug-likeness (QED) is 0.0576. The molecular formula is C45H47ClN4O10S. The molecule has 0 saturated heterocycles. The Kier molecular flexibility index (Phi) is 16.1. The lowest BCUT2D eigenvalue weighted by Crippen LogP contribution is -2.50. The zero-order valence-corrected chi connectivity index (χ0v) is 36.1. The van der Waals surface area contributed by atoms with Crippen molar-refractivity contribution < 1.29 is 47.7 Å². The number of methoxy groups -OCH3 is 1. The topological polar surface area (TPSA) is 171 Å². The summed E-state index contributed by atoms with van der Waals surface area (Å²) in [5.41, 5.74) is 2.76. The number of allylic oxidation sites excluding steroid dienone is 1. The number of anilines is 1. The van der Waals surface area contributed by atoms with Crippen LogP contribution < -0.4 is 10.1 Å². The largest absolute Gasteiger partial charge is 0.497 e. The molecule has 1 amide bonds. The Bertz CT molecular complexity index is 2230. The predicted octanol–water partition coefficient (Wildman–Crippen LogP) is 8.38. The number of amides is 1. The minimum Gasteiger partial charge on any atom is -0.497 e. The van der Waals surface area contributed by atoms with Crippen molar-refractivity contribution in [3.8, 4) is 5.75 Å².